The third-order valence-corrected chi connectivity index (χ3v) is 4.96. The molecule has 18 heavy (non-hydrogen) atoms. The van der Waals surface area contributed by atoms with Gasteiger partial charge in [-0.25, -0.2) is 0 Å². The summed E-state index contributed by atoms with van der Waals surface area (Å²) < 4.78 is 0. The summed E-state index contributed by atoms with van der Waals surface area (Å²) in [5.74, 6) is 1.83. The molecule has 0 unspecified atom stereocenters. The molecule has 0 spiro atoms. The maximum atomic E-state index is 2.61. The van der Waals surface area contributed by atoms with Gasteiger partial charge in [-0.1, -0.05) is 76.4 Å². The standard InChI is InChI=1S/C18H32/c1-3-7-11-17(12-8-4-1)15-16-18-13-9-5-2-6-10-14-18/h15-18H,1-14H2. The molecule has 0 aromatic rings. The van der Waals surface area contributed by atoms with Crippen LogP contribution in [-0.2, 0) is 0 Å². The van der Waals surface area contributed by atoms with Gasteiger partial charge in [0.2, 0.25) is 0 Å². The van der Waals surface area contributed by atoms with Gasteiger partial charge in [0.15, 0.2) is 0 Å². The smallest absolute Gasteiger partial charge is 0.0233 e. The molecule has 0 heteroatoms. The molecular weight excluding hydrogens is 216 g/mol. The van der Waals surface area contributed by atoms with Crippen molar-refractivity contribution in [2.24, 2.45) is 11.8 Å². The van der Waals surface area contributed by atoms with Crippen LogP contribution in [0, 0.1) is 11.8 Å². The Morgan fingerprint density at radius 1 is 0.389 bits per heavy atom. The van der Waals surface area contributed by atoms with Gasteiger partial charge in [-0.2, -0.15) is 0 Å². The van der Waals surface area contributed by atoms with Crippen molar-refractivity contribution in [3.8, 4) is 0 Å². The van der Waals surface area contributed by atoms with Gasteiger partial charge in [0, 0.05) is 0 Å². The van der Waals surface area contributed by atoms with Crippen molar-refractivity contribution in [1.82, 2.24) is 0 Å². The Labute approximate surface area is 114 Å². The van der Waals surface area contributed by atoms with Crippen LogP contribution < -0.4 is 0 Å². The van der Waals surface area contributed by atoms with Crippen molar-refractivity contribution in [2.45, 2.75) is 89.9 Å². The first-order chi connectivity index (χ1) is 8.95. The van der Waals surface area contributed by atoms with E-state index in [1.54, 1.807) is 0 Å². The maximum absolute atomic E-state index is 2.61. The first-order valence-electron chi connectivity index (χ1n) is 8.63. The average molecular weight is 248 g/mol. The highest BCUT2D eigenvalue weighted by Crippen LogP contribution is 2.27. The minimum Gasteiger partial charge on any atom is -0.0851 e. The van der Waals surface area contributed by atoms with E-state index in [1.165, 1.54) is 89.9 Å². The fourth-order valence-corrected chi connectivity index (χ4v) is 3.67. The molecule has 2 aliphatic carbocycles. The Morgan fingerprint density at radius 2 is 0.667 bits per heavy atom. The molecule has 0 bridgehead atoms. The number of allylic oxidation sites excluding steroid dienone is 2. The highest BCUT2D eigenvalue weighted by atomic mass is 14.2. The van der Waals surface area contributed by atoms with Gasteiger partial charge in [-0.05, 0) is 37.5 Å². The van der Waals surface area contributed by atoms with Crippen molar-refractivity contribution in [2.75, 3.05) is 0 Å². The molecule has 104 valence electrons. The molecule has 0 aliphatic heterocycles. The summed E-state index contributed by atoms with van der Waals surface area (Å²) in [7, 11) is 0. The van der Waals surface area contributed by atoms with Crippen LogP contribution in [0.3, 0.4) is 0 Å². The molecule has 0 aromatic heterocycles. The fourth-order valence-electron chi connectivity index (χ4n) is 3.67. The average Bonchev–Trinajstić information content (AvgIpc) is 2.29. The highest BCUT2D eigenvalue weighted by Gasteiger charge is 2.11. The molecule has 2 saturated carbocycles. The molecule has 0 N–H and O–H groups in total. The number of hydrogen-bond donors (Lipinski definition) is 0. The van der Waals surface area contributed by atoms with E-state index in [0.29, 0.717) is 0 Å². The molecular formula is C18H32. The van der Waals surface area contributed by atoms with E-state index in [9.17, 15) is 0 Å². The first kappa shape index (κ1) is 14.2. The topological polar surface area (TPSA) is 0 Å². The first-order valence-corrected chi connectivity index (χ1v) is 8.63. The summed E-state index contributed by atoms with van der Waals surface area (Å²) in [6, 6.07) is 0. The molecule has 0 atom stereocenters. The Hall–Kier alpha value is -0.260. The van der Waals surface area contributed by atoms with E-state index in [-0.39, 0.29) is 0 Å². The fraction of sp³-hybridized carbons (Fsp3) is 0.889. The van der Waals surface area contributed by atoms with E-state index in [4.69, 9.17) is 0 Å². The molecule has 0 nitrogen and oxygen atoms in total. The zero-order chi connectivity index (χ0) is 12.5. The van der Waals surface area contributed by atoms with Crippen molar-refractivity contribution in [3.05, 3.63) is 12.2 Å². The summed E-state index contributed by atoms with van der Waals surface area (Å²) in [6.45, 7) is 0. The second-order valence-corrected chi connectivity index (χ2v) is 6.60. The van der Waals surface area contributed by atoms with Crippen LogP contribution in [0.1, 0.15) is 89.9 Å². The lowest BCUT2D eigenvalue weighted by atomic mass is 9.87. The summed E-state index contributed by atoms with van der Waals surface area (Å²) >= 11 is 0. The molecule has 0 saturated heterocycles. The van der Waals surface area contributed by atoms with Gasteiger partial charge in [-0.15, -0.1) is 0 Å². The Bertz CT molecular complexity index is 188. The quantitative estimate of drug-likeness (QED) is 0.506. The largest absolute Gasteiger partial charge is 0.0851 e. The molecule has 2 rings (SSSR count). The van der Waals surface area contributed by atoms with E-state index < -0.39 is 0 Å². The van der Waals surface area contributed by atoms with Crippen molar-refractivity contribution >= 4 is 0 Å². The Kier molecular flexibility index (Phi) is 6.90. The van der Waals surface area contributed by atoms with Crippen LogP contribution in [0.4, 0.5) is 0 Å². The maximum Gasteiger partial charge on any atom is -0.0233 e. The van der Waals surface area contributed by atoms with Gasteiger partial charge < -0.3 is 0 Å². The predicted molar refractivity (Wildman–Crippen MR) is 80.8 cm³/mol. The molecule has 2 fully saturated rings. The molecule has 0 radical (unpaired) electrons. The third-order valence-electron chi connectivity index (χ3n) is 4.96. The molecule has 2 aliphatic rings. The van der Waals surface area contributed by atoms with Gasteiger partial charge >= 0.3 is 0 Å². The van der Waals surface area contributed by atoms with Crippen LogP contribution in [0.5, 0.6) is 0 Å². The molecule has 0 heterocycles. The third kappa shape index (κ3) is 5.59. The molecule has 0 amide bonds. The normalized spacial score (nSPS) is 26.4. The van der Waals surface area contributed by atoms with E-state index in [1.807, 2.05) is 0 Å². The van der Waals surface area contributed by atoms with Crippen LogP contribution in [0.2, 0.25) is 0 Å². The summed E-state index contributed by atoms with van der Waals surface area (Å²) in [5, 5.41) is 0. The van der Waals surface area contributed by atoms with Crippen molar-refractivity contribution < 1.29 is 0 Å². The van der Waals surface area contributed by atoms with Crippen LogP contribution in [-0.4, -0.2) is 0 Å². The van der Waals surface area contributed by atoms with Gasteiger partial charge in [0.1, 0.15) is 0 Å². The van der Waals surface area contributed by atoms with E-state index in [0.717, 1.165) is 11.8 Å². The lowest BCUT2D eigenvalue weighted by molar-refractivity contribution is 0.418. The monoisotopic (exact) mass is 248 g/mol. The van der Waals surface area contributed by atoms with Crippen LogP contribution in [0.15, 0.2) is 12.2 Å². The number of hydrogen-bond acceptors (Lipinski definition) is 0. The van der Waals surface area contributed by atoms with Gasteiger partial charge in [0.05, 0.1) is 0 Å². The van der Waals surface area contributed by atoms with Crippen LogP contribution >= 0.6 is 0 Å². The lowest BCUT2D eigenvalue weighted by Gasteiger charge is -2.19. The SMILES string of the molecule is C(=CC1CCCCCCC1)C1CCCCCCC1. The van der Waals surface area contributed by atoms with Gasteiger partial charge in [-0.3, -0.25) is 0 Å². The molecule has 0 aromatic carbocycles. The Balaban J connectivity index is 1.75. The minimum atomic E-state index is 0.913. The van der Waals surface area contributed by atoms with Crippen LogP contribution in [0.25, 0.3) is 0 Å². The van der Waals surface area contributed by atoms with E-state index >= 15 is 0 Å². The zero-order valence-corrected chi connectivity index (χ0v) is 12.2. The lowest BCUT2D eigenvalue weighted by Crippen LogP contribution is -2.04. The van der Waals surface area contributed by atoms with Crippen molar-refractivity contribution in [1.29, 1.82) is 0 Å². The zero-order valence-electron chi connectivity index (χ0n) is 12.2. The van der Waals surface area contributed by atoms with Crippen molar-refractivity contribution in [3.63, 3.8) is 0 Å². The Morgan fingerprint density at radius 3 is 1.00 bits per heavy atom. The van der Waals surface area contributed by atoms with Gasteiger partial charge in [0.25, 0.3) is 0 Å². The summed E-state index contributed by atoms with van der Waals surface area (Å²) in [4.78, 5) is 0. The summed E-state index contributed by atoms with van der Waals surface area (Å²) in [6.07, 6.45) is 25.8. The number of rotatable bonds is 2. The highest BCUT2D eigenvalue weighted by molar-refractivity contribution is 4.93. The second-order valence-electron chi connectivity index (χ2n) is 6.60. The van der Waals surface area contributed by atoms with E-state index in [2.05, 4.69) is 12.2 Å². The summed E-state index contributed by atoms with van der Waals surface area (Å²) in [5.41, 5.74) is 0. The minimum absolute atomic E-state index is 0.913. The predicted octanol–water partition coefficient (Wildman–Crippen LogP) is 6.26. The second kappa shape index (κ2) is 8.77.